The molecule has 0 amide bonds. The predicted molar refractivity (Wildman–Crippen MR) is 115 cm³/mol. The first-order valence-electron chi connectivity index (χ1n) is 9.63. The minimum Gasteiger partial charge on any atom is -0.305 e. The summed E-state index contributed by atoms with van der Waals surface area (Å²) in [5, 5.41) is 3.47. The molecule has 0 radical (unpaired) electrons. The molecule has 4 rings (SSSR count). The largest absolute Gasteiger partial charge is 0.321 e. The van der Waals surface area contributed by atoms with E-state index < -0.39 is 8.32 Å². The summed E-state index contributed by atoms with van der Waals surface area (Å²) in [6.07, 6.45) is 3.99. The van der Waals surface area contributed by atoms with Gasteiger partial charge in [0, 0.05) is 18.2 Å². The first kappa shape index (κ1) is 18.4. The van der Waals surface area contributed by atoms with E-state index in [2.05, 4.69) is 78.3 Å². The fraction of sp³-hybridized carbons (Fsp3) is 0.125. The Balaban J connectivity index is 1.84. The third-order valence-corrected chi connectivity index (χ3v) is 8.93. The van der Waals surface area contributed by atoms with Gasteiger partial charge in [-0.1, -0.05) is 91.0 Å². The SMILES string of the molecule is O=C1C=C(NO[Si](c2ccccc2)(c2ccccc2)c2ccccc2)CCC1. The Morgan fingerprint density at radius 2 is 1.14 bits per heavy atom. The number of carbonyl (C=O) groups excluding carboxylic acids is 1. The average molecular weight is 386 g/mol. The highest BCUT2D eigenvalue weighted by Gasteiger charge is 2.43. The second-order valence-electron chi connectivity index (χ2n) is 6.97. The molecule has 0 saturated carbocycles. The summed E-state index contributed by atoms with van der Waals surface area (Å²) in [7, 11) is -2.79. The molecule has 0 bridgehead atoms. The van der Waals surface area contributed by atoms with Gasteiger partial charge in [-0.25, -0.2) is 0 Å². The Morgan fingerprint density at radius 3 is 1.57 bits per heavy atom. The van der Waals surface area contributed by atoms with Gasteiger partial charge in [0.05, 0.1) is 0 Å². The minimum absolute atomic E-state index is 0.156. The number of nitrogens with one attached hydrogen (secondary N) is 1. The highest BCUT2D eigenvalue weighted by atomic mass is 28.4. The van der Waals surface area contributed by atoms with Crippen LogP contribution in [-0.4, -0.2) is 14.1 Å². The topological polar surface area (TPSA) is 38.3 Å². The van der Waals surface area contributed by atoms with E-state index in [1.807, 2.05) is 18.2 Å². The van der Waals surface area contributed by atoms with E-state index in [9.17, 15) is 4.79 Å². The van der Waals surface area contributed by atoms with Crippen LogP contribution in [0.15, 0.2) is 103 Å². The first-order chi connectivity index (χ1) is 13.8. The normalized spacial score (nSPS) is 14.4. The summed E-state index contributed by atoms with van der Waals surface area (Å²) < 4.78 is 6.64. The van der Waals surface area contributed by atoms with Gasteiger partial charge in [0.1, 0.15) is 0 Å². The van der Waals surface area contributed by atoms with Crippen LogP contribution >= 0.6 is 0 Å². The van der Waals surface area contributed by atoms with Crippen molar-refractivity contribution in [2.75, 3.05) is 0 Å². The molecule has 0 atom stereocenters. The second-order valence-corrected chi connectivity index (χ2v) is 10.3. The van der Waals surface area contributed by atoms with E-state index in [0.717, 1.165) is 34.1 Å². The molecule has 28 heavy (non-hydrogen) atoms. The fourth-order valence-electron chi connectivity index (χ4n) is 3.71. The third kappa shape index (κ3) is 3.70. The van der Waals surface area contributed by atoms with Crippen LogP contribution in [0, 0.1) is 0 Å². The van der Waals surface area contributed by atoms with Gasteiger partial charge < -0.3 is 4.53 Å². The maximum atomic E-state index is 11.8. The van der Waals surface area contributed by atoms with Gasteiger partial charge in [0.15, 0.2) is 5.78 Å². The van der Waals surface area contributed by atoms with Crippen LogP contribution < -0.4 is 21.0 Å². The molecule has 1 aliphatic rings. The summed E-state index contributed by atoms with van der Waals surface area (Å²) in [6.45, 7) is 0. The Kier molecular flexibility index (Phi) is 5.51. The standard InChI is InChI=1S/C24H23NO2Si/c26-21-12-10-11-20(19-21)25-27-28(22-13-4-1-5-14-22,23-15-6-2-7-16-23)24-17-8-3-9-18-24/h1-9,13-19,25H,10-12H2. The number of hydrogen-bond acceptors (Lipinski definition) is 3. The Bertz CT molecular complexity index is 859. The number of hydrogen-bond donors (Lipinski definition) is 1. The quantitative estimate of drug-likeness (QED) is 0.403. The highest BCUT2D eigenvalue weighted by molar-refractivity contribution is 7.07. The zero-order valence-corrected chi connectivity index (χ0v) is 16.7. The lowest BCUT2D eigenvalue weighted by Gasteiger charge is -2.33. The lowest BCUT2D eigenvalue weighted by Crippen LogP contribution is -2.70. The summed E-state index contributed by atoms with van der Waals surface area (Å²) in [4.78, 5) is 11.8. The average Bonchev–Trinajstić information content (AvgIpc) is 2.77. The van der Waals surface area contributed by atoms with Crippen molar-refractivity contribution in [3.63, 3.8) is 0 Å². The van der Waals surface area contributed by atoms with Gasteiger partial charge in [0.2, 0.25) is 0 Å². The number of allylic oxidation sites excluding steroid dienone is 2. The van der Waals surface area contributed by atoms with Crippen LogP contribution in [-0.2, 0) is 9.32 Å². The molecule has 0 aliphatic heterocycles. The molecule has 0 saturated heterocycles. The van der Waals surface area contributed by atoms with Gasteiger partial charge >= 0.3 is 8.32 Å². The Morgan fingerprint density at radius 1 is 0.679 bits per heavy atom. The summed E-state index contributed by atoms with van der Waals surface area (Å²) in [6, 6.07) is 31.2. The molecule has 0 heterocycles. The van der Waals surface area contributed by atoms with Gasteiger partial charge in [-0.15, -0.1) is 0 Å². The van der Waals surface area contributed by atoms with Crippen molar-refractivity contribution in [2.24, 2.45) is 0 Å². The van der Waals surface area contributed by atoms with E-state index >= 15 is 0 Å². The Labute approximate surface area is 166 Å². The van der Waals surface area contributed by atoms with Crippen LogP contribution in [0.5, 0.6) is 0 Å². The van der Waals surface area contributed by atoms with Gasteiger partial charge in [-0.2, -0.15) is 0 Å². The van der Waals surface area contributed by atoms with Crippen molar-refractivity contribution in [3.8, 4) is 0 Å². The van der Waals surface area contributed by atoms with Crippen LogP contribution in [0.2, 0.25) is 0 Å². The van der Waals surface area contributed by atoms with Crippen LogP contribution in [0.4, 0.5) is 0 Å². The lowest BCUT2D eigenvalue weighted by molar-refractivity contribution is -0.115. The van der Waals surface area contributed by atoms with Crippen LogP contribution in [0.25, 0.3) is 0 Å². The molecular weight excluding hydrogens is 362 g/mol. The maximum Gasteiger partial charge on any atom is 0.321 e. The van der Waals surface area contributed by atoms with Crippen LogP contribution in [0.1, 0.15) is 19.3 Å². The summed E-state index contributed by atoms with van der Waals surface area (Å²) >= 11 is 0. The van der Waals surface area contributed by atoms with Crippen molar-refractivity contribution in [1.29, 1.82) is 0 Å². The van der Waals surface area contributed by atoms with Crippen LogP contribution in [0.3, 0.4) is 0 Å². The second kappa shape index (κ2) is 8.38. The van der Waals surface area contributed by atoms with Crippen molar-refractivity contribution in [2.45, 2.75) is 19.3 Å². The molecule has 3 nitrogen and oxygen atoms in total. The first-order valence-corrected chi connectivity index (χ1v) is 11.5. The molecule has 3 aromatic carbocycles. The number of rotatable bonds is 6. The summed E-state index contributed by atoms with van der Waals surface area (Å²) in [5.41, 5.74) is 4.05. The minimum atomic E-state index is -2.79. The van der Waals surface area contributed by atoms with Gasteiger partial charge in [0.25, 0.3) is 0 Å². The van der Waals surface area contributed by atoms with Crippen molar-refractivity contribution in [3.05, 3.63) is 103 Å². The maximum absolute atomic E-state index is 11.8. The Hall–Kier alpha value is -2.95. The molecule has 4 heteroatoms. The molecule has 0 unspecified atom stereocenters. The van der Waals surface area contributed by atoms with Crippen molar-refractivity contribution >= 4 is 29.7 Å². The number of hydroxylamine groups is 1. The summed E-state index contributed by atoms with van der Waals surface area (Å²) in [5.74, 6) is 0.156. The lowest BCUT2D eigenvalue weighted by atomic mass is 10.0. The zero-order chi connectivity index (χ0) is 19.2. The molecule has 1 N–H and O–H groups in total. The van der Waals surface area contributed by atoms with E-state index in [1.165, 1.54) is 0 Å². The molecule has 140 valence electrons. The van der Waals surface area contributed by atoms with Crippen molar-refractivity contribution < 1.29 is 9.32 Å². The number of benzene rings is 3. The van der Waals surface area contributed by atoms with E-state index in [-0.39, 0.29) is 5.78 Å². The van der Waals surface area contributed by atoms with Gasteiger partial charge in [-0.05, 0) is 28.4 Å². The zero-order valence-electron chi connectivity index (χ0n) is 15.7. The van der Waals surface area contributed by atoms with Crippen molar-refractivity contribution in [1.82, 2.24) is 5.48 Å². The van der Waals surface area contributed by atoms with Gasteiger partial charge in [-0.3, -0.25) is 10.3 Å². The monoisotopic (exact) mass is 385 g/mol. The fourth-order valence-corrected chi connectivity index (χ4v) is 7.33. The van der Waals surface area contributed by atoms with E-state index in [1.54, 1.807) is 6.08 Å². The van der Waals surface area contributed by atoms with E-state index in [4.69, 9.17) is 4.53 Å². The molecule has 3 aromatic rings. The molecule has 1 aliphatic carbocycles. The third-order valence-electron chi connectivity index (χ3n) is 5.08. The van der Waals surface area contributed by atoms with E-state index in [0.29, 0.717) is 6.42 Å². The number of ketones is 1. The number of carbonyl (C=O) groups is 1. The molecule has 0 aromatic heterocycles. The molecule has 0 fully saturated rings. The smallest absolute Gasteiger partial charge is 0.305 e. The molecule has 0 spiro atoms. The predicted octanol–water partition coefficient (Wildman–Crippen LogP) is 2.81. The highest BCUT2D eigenvalue weighted by Crippen LogP contribution is 2.15. The molecular formula is C24H23NO2Si.